The van der Waals surface area contributed by atoms with E-state index in [4.69, 9.17) is 5.73 Å². The van der Waals surface area contributed by atoms with Crippen molar-refractivity contribution in [2.24, 2.45) is 5.73 Å². The molecule has 1 unspecified atom stereocenters. The summed E-state index contributed by atoms with van der Waals surface area (Å²) >= 11 is 0. The van der Waals surface area contributed by atoms with Crippen LogP contribution in [0.4, 0.5) is 0 Å². The Labute approximate surface area is 113 Å². The molecule has 1 aromatic carbocycles. The molecule has 0 fully saturated rings. The molecule has 4 nitrogen and oxygen atoms in total. The lowest BCUT2D eigenvalue weighted by Gasteiger charge is -2.12. The number of benzene rings is 1. The van der Waals surface area contributed by atoms with E-state index in [9.17, 15) is 4.79 Å². The molecule has 2 aromatic rings. The van der Waals surface area contributed by atoms with Crippen molar-refractivity contribution in [2.75, 3.05) is 5.43 Å². The lowest BCUT2D eigenvalue weighted by molar-refractivity contribution is -0.117. The van der Waals surface area contributed by atoms with Gasteiger partial charge in [0.2, 0.25) is 5.91 Å². The fourth-order valence-corrected chi connectivity index (χ4v) is 2.33. The summed E-state index contributed by atoms with van der Waals surface area (Å²) < 4.78 is 1.78. The minimum atomic E-state index is -0.0621. The van der Waals surface area contributed by atoms with E-state index in [0.717, 1.165) is 29.3 Å². The number of carbonyl (C=O) groups is 1. The number of amides is 1. The molecular weight excluding hydrogens is 238 g/mol. The number of carbonyl (C=O) groups excluding carboxylic acids is 1. The number of aryl methyl sites for hydroxylation is 1. The summed E-state index contributed by atoms with van der Waals surface area (Å²) in [6, 6.07) is 7.95. The predicted molar refractivity (Wildman–Crippen MR) is 78.5 cm³/mol. The van der Waals surface area contributed by atoms with Crippen LogP contribution in [0, 0.1) is 6.92 Å². The quantitative estimate of drug-likeness (QED) is 0.866. The van der Waals surface area contributed by atoms with Crippen molar-refractivity contribution in [1.82, 2.24) is 4.68 Å². The number of rotatable bonds is 5. The molecule has 0 aliphatic heterocycles. The molecule has 0 saturated carbocycles. The second kappa shape index (κ2) is 5.89. The number of hydrogen-bond acceptors (Lipinski definition) is 2. The molecule has 0 saturated heterocycles. The first-order valence-corrected chi connectivity index (χ1v) is 6.74. The van der Waals surface area contributed by atoms with Crippen molar-refractivity contribution in [3.05, 3.63) is 36.0 Å². The highest BCUT2D eigenvalue weighted by atomic mass is 16.2. The van der Waals surface area contributed by atoms with Gasteiger partial charge in [-0.1, -0.05) is 31.5 Å². The monoisotopic (exact) mass is 259 g/mol. The van der Waals surface area contributed by atoms with E-state index in [1.54, 1.807) is 4.68 Å². The maximum absolute atomic E-state index is 11.9. The van der Waals surface area contributed by atoms with Gasteiger partial charge in [0.1, 0.15) is 0 Å². The molecule has 19 heavy (non-hydrogen) atoms. The minimum absolute atomic E-state index is 0.0401. The van der Waals surface area contributed by atoms with Crippen LogP contribution in [0.2, 0.25) is 0 Å². The number of fused-ring (bicyclic) bond motifs is 1. The zero-order valence-corrected chi connectivity index (χ0v) is 11.5. The molecule has 0 radical (unpaired) electrons. The number of nitrogens with two attached hydrogens (primary N) is 1. The van der Waals surface area contributed by atoms with Gasteiger partial charge in [-0.25, -0.2) is 0 Å². The fraction of sp³-hybridized carbons (Fsp3) is 0.400. The van der Waals surface area contributed by atoms with Gasteiger partial charge < -0.3 is 5.73 Å². The van der Waals surface area contributed by atoms with Gasteiger partial charge in [0.05, 0.1) is 5.52 Å². The molecule has 1 heterocycles. The van der Waals surface area contributed by atoms with Gasteiger partial charge in [-0.3, -0.25) is 14.9 Å². The van der Waals surface area contributed by atoms with Crippen molar-refractivity contribution >= 4 is 16.8 Å². The van der Waals surface area contributed by atoms with E-state index in [2.05, 4.69) is 18.4 Å². The second-order valence-electron chi connectivity index (χ2n) is 4.99. The number of aromatic nitrogens is 1. The Kier molecular flexibility index (Phi) is 4.22. The van der Waals surface area contributed by atoms with Gasteiger partial charge in [-0.05, 0) is 25.0 Å². The molecule has 0 aliphatic carbocycles. The van der Waals surface area contributed by atoms with Gasteiger partial charge in [0.25, 0.3) is 0 Å². The summed E-state index contributed by atoms with van der Waals surface area (Å²) in [6.07, 6.45) is 4.17. The van der Waals surface area contributed by atoms with Gasteiger partial charge in [0, 0.05) is 24.0 Å². The van der Waals surface area contributed by atoms with E-state index in [1.165, 1.54) is 0 Å². The molecule has 1 aromatic heterocycles. The number of nitrogens with one attached hydrogen (secondary N) is 1. The van der Waals surface area contributed by atoms with Crippen LogP contribution in [0.25, 0.3) is 10.9 Å². The Bertz CT molecular complexity index is 574. The summed E-state index contributed by atoms with van der Waals surface area (Å²) in [5, 5.41) is 1.15. The van der Waals surface area contributed by atoms with Crippen molar-refractivity contribution in [2.45, 2.75) is 39.2 Å². The molecule has 4 heteroatoms. The predicted octanol–water partition coefficient (Wildman–Crippen LogP) is 2.54. The number of hydrogen-bond donors (Lipinski definition) is 2. The molecular formula is C15H21N3O. The summed E-state index contributed by atoms with van der Waals surface area (Å²) in [6.45, 7) is 4.11. The van der Waals surface area contributed by atoms with E-state index in [-0.39, 0.29) is 11.9 Å². The first kappa shape index (κ1) is 13.6. The largest absolute Gasteiger partial charge is 0.327 e. The van der Waals surface area contributed by atoms with E-state index < -0.39 is 0 Å². The average molecular weight is 259 g/mol. The van der Waals surface area contributed by atoms with Gasteiger partial charge in [-0.15, -0.1) is 0 Å². The third kappa shape index (κ3) is 3.15. The summed E-state index contributed by atoms with van der Waals surface area (Å²) in [5.41, 5.74) is 10.9. The minimum Gasteiger partial charge on any atom is -0.327 e. The van der Waals surface area contributed by atoms with Crippen LogP contribution >= 0.6 is 0 Å². The van der Waals surface area contributed by atoms with Gasteiger partial charge in [0.15, 0.2) is 0 Å². The lowest BCUT2D eigenvalue weighted by atomic mass is 10.1. The fourth-order valence-electron chi connectivity index (χ4n) is 2.33. The number of nitrogens with zero attached hydrogens (tertiary/aromatic N) is 1. The van der Waals surface area contributed by atoms with E-state index >= 15 is 0 Å². The highest BCUT2D eigenvalue weighted by Gasteiger charge is 2.11. The first-order valence-electron chi connectivity index (χ1n) is 6.74. The Morgan fingerprint density at radius 2 is 2.16 bits per heavy atom. The van der Waals surface area contributed by atoms with Gasteiger partial charge in [-0.2, -0.15) is 0 Å². The maximum Gasteiger partial charge on any atom is 0.240 e. The van der Waals surface area contributed by atoms with Crippen LogP contribution in [0.15, 0.2) is 30.5 Å². The van der Waals surface area contributed by atoms with Crippen molar-refractivity contribution in [3.8, 4) is 0 Å². The third-order valence-electron chi connectivity index (χ3n) is 3.26. The molecule has 1 amide bonds. The SMILES string of the molecule is CCCC(N)CC(=O)Nn1cc(C)c2ccccc21. The van der Waals surface area contributed by atoms with Crippen LogP contribution in [0.1, 0.15) is 31.7 Å². The van der Waals surface area contributed by atoms with Crippen LogP contribution in [0.3, 0.4) is 0 Å². The molecule has 0 bridgehead atoms. The van der Waals surface area contributed by atoms with Crippen molar-refractivity contribution < 1.29 is 4.79 Å². The van der Waals surface area contributed by atoms with Crippen LogP contribution < -0.4 is 11.2 Å². The standard InChI is InChI=1S/C15H21N3O/c1-3-6-12(16)9-15(19)17-18-10-11(2)13-7-4-5-8-14(13)18/h4-5,7-8,10,12H,3,6,9,16H2,1-2H3,(H,17,19). The second-order valence-corrected chi connectivity index (χ2v) is 4.99. The Morgan fingerprint density at radius 1 is 1.42 bits per heavy atom. The Morgan fingerprint density at radius 3 is 2.89 bits per heavy atom. The summed E-state index contributed by atoms with van der Waals surface area (Å²) in [5.74, 6) is -0.0401. The first-order chi connectivity index (χ1) is 9.11. The Balaban J connectivity index is 2.11. The molecule has 3 N–H and O–H groups in total. The van der Waals surface area contributed by atoms with Crippen LogP contribution in [-0.4, -0.2) is 16.6 Å². The lowest BCUT2D eigenvalue weighted by Crippen LogP contribution is -2.30. The van der Waals surface area contributed by atoms with Gasteiger partial charge >= 0.3 is 0 Å². The van der Waals surface area contributed by atoms with E-state index in [1.807, 2.05) is 31.3 Å². The normalized spacial score (nSPS) is 12.6. The molecule has 0 aliphatic rings. The summed E-state index contributed by atoms with van der Waals surface area (Å²) in [7, 11) is 0. The highest BCUT2D eigenvalue weighted by molar-refractivity contribution is 5.89. The van der Waals surface area contributed by atoms with E-state index in [0.29, 0.717) is 6.42 Å². The maximum atomic E-state index is 11.9. The number of para-hydroxylation sites is 1. The third-order valence-corrected chi connectivity index (χ3v) is 3.26. The molecule has 0 spiro atoms. The topological polar surface area (TPSA) is 60.1 Å². The van der Waals surface area contributed by atoms with Crippen molar-refractivity contribution in [1.29, 1.82) is 0 Å². The molecule has 2 rings (SSSR count). The highest BCUT2D eigenvalue weighted by Crippen LogP contribution is 2.19. The zero-order chi connectivity index (χ0) is 13.8. The summed E-state index contributed by atoms with van der Waals surface area (Å²) in [4.78, 5) is 11.9. The van der Waals surface area contributed by atoms with Crippen LogP contribution in [0.5, 0.6) is 0 Å². The van der Waals surface area contributed by atoms with Crippen molar-refractivity contribution in [3.63, 3.8) is 0 Å². The molecule has 1 atom stereocenters. The smallest absolute Gasteiger partial charge is 0.240 e. The molecule has 102 valence electrons. The zero-order valence-electron chi connectivity index (χ0n) is 11.5. The van der Waals surface area contributed by atoms with Crippen LogP contribution in [-0.2, 0) is 4.79 Å². The average Bonchev–Trinajstić information content (AvgIpc) is 2.67. The Hall–Kier alpha value is -1.81.